The van der Waals surface area contributed by atoms with E-state index < -0.39 is 11.1 Å². The maximum atomic E-state index is 13.4. The molecule has 2 aromatic heterocycles. The average molecular weight is 553 g/mol. The summed E-state index contributed by atoms with van der Waals surface area (Å²) in [5.74, 6) is 1.20. The van der Waals surface area contributed by atoms with Gasteiger partial charge >= 0.3 is 17.4 Å². The van der Waals surface area contributed by atoms with Gasteiger partial charge in [-0.25, -0.2) is 4.90 Å². The van der Waals surface area contributed by atoms with Crippen molar-refractivity contribution in [2.45, 2.75) is 38.0 Å². The van der Waals surface area contributed by atoms with Crippen LogP contribution in [0.4, 0.5) is 11.4 Å². The molecule has 4 aromatic rings. The van der Waals surface area contributed by atoms with Gasteiger partial charge in [0.15, 0.2) is 5.76 Å². The highest BCUT2D eigenvalue weighted by molar-refractivity contribution is 7.99. The monoisotopic (exact) mass is 552 g/mol. The minimum absolute atomic E-state index is 0.141. The van der Waals surface area contributed by atoms with Crippen molar-refractivity contribution in [2.75, 3.05) is 10.7 Å². The third-order valence-corrected chi connectivity index (χ3v) is 7.41. The van der Waals surface area contributed by atoms with Gasteiger partial charge in [-0.15, -0.1) is 0 Å². The number of H-pyrrole nitrogens is 1. The number of carbonyl (C=O) groups is 1. The van der Waals surface area contributed by atoms with Gasteiger partial charge in [-0.3, -0.25) is 24.7 Å². The summed E-state index contributed by atoms with van der Waals surface area (Å²) in [6.45, 7) is 3.53. The molecule has 0 spiro atoms. The lowest BCUT2D eigenvalue weighted by Gasteiger charge is -2.30. The average Bonchev–Trinajstić information content (AvgIpc) is 3.37. The van der Waals surface area contributed by atoms with Crippen LogP contribution >= 0.6 is 23.4 Å². The first kappa shape index (κ1) is 25.7. The Bertz CT molecular complexity index is 1620. The number of aromatic nitrogens is 3. The first-order valence-corrected chi connectivity index (χ1v) is 13.3. The molecule has 3 heterocycles. The fraction of sp³-hybridized carbons (Fsp3) is 0.231. The molecule has 38 heavy (non-hydrogen) atoms. The Balaban J connectivity index is 1.67. The number of para-hydroxylation sites is 1. The van der Waals surface area contributed by atoms with Crippen LogP contribution in [0.3, 0.4) is 0 Å². The number of nitrogens with zero attached hydrogens (tertiary/aromatic N) is 4. The Morgan fingerprint density at radius 3 is 2.74 bits per heavy atom. The Kier molecular flexibility index (Phi) is 7.04. The van der Waals surface area contributed by atoms with E-state index >= 15 is 0 Å². The van der Waals surface area contributed by atoms with Crippen molar-refractivity contribution in [1.82, 2.24) is 10.1 Å². The molecular weight excluding hydrogens is 530 g/mol. The van der Waals surface area contributed by atoms with E-state index in [0.29, 0.717) is 39.2 Å². The Morgan fingerprint density at radius 1 is 1.24 bits per heavy atom. The Hall–Kier alpha value is -3.96. The lowest BCUT2D eigenvalue weighted by molar-refractivity contribution is -0.764. The van der Waals surface area contributed by atoms with E-state index in [1.165, 1.54) is 46.5 Å². The smallest absolute Gasteiger partial charge is 0.325 e. The van der Waals surface area contributed by atoms with Gasteiger partial charge in [0.25, 0.3) is 5.69 Å². The van der Waals surface area contributed by atoms with Crippen molar-refractivity contribution in [1.29, 1.82) is 0 Å². The van der Waals surface area contributed by atoms with Gasteiger partial charge in [0.2, 0.25) is 11.1 Å². The van der Waals surface area contributed by atoms with Crippen LogP contribution in [0.5, 0.6) is 0 Å². The molecule has 12 heteroatoms. The van der Waals surface area contributed by atoms with Crippen molar-refractivity contribution in [3.63, 3.8) is 0 Å². The van der Waals surface area contributed by atoms with Gasteiger partial charge in [0.05, 0.1) is 21.2 Å². The SMILES string of the molecule is CCCCSc1n[n+]2c(c(=O)[nH]1)-c1ccccc1N(C(C)=O)C2c1ccc(-c2ccc([N+](=O)[O-])cc2Cl)o1. The van der Waals surface area contributed by atoms with Crippen molar-refractivity contribution >= 4 is 40.6 Å². The van der Waals surface area contributed by atoms with E-state index in [1.54, 1.807) is 36.4 Å². The molecule has 0 aliphatic carbocycles. The predicted molar refractivity (Wildman–Crippen MR) is 143 cm³/mol. The molecule has 0 saturated carbocycles. The topological polar surface area (TPSA) is 126 Å². The van der Waals surface area contributed by atoms with E-state index in [4.69, 9.17) is 21.1 Å². The lowest BCUT2D eigenvalue weighted by Crippen LogP contribution is -2.60. The Labute approximate surface area is 226 Å². The molecule has 0 saturated heterocycles. The van der Waals surface area contributed by atoms with E-state index in [2.05, 4.69) is 11.9 Å². The fourth-order valence-electron chi connectivity index (χ4n) is 4.40. The number of hydrogen-bond donors (Lipinski definition) is 1. The molecule has 0 bridgehead atoms. The number of benzene rings is 2. The summed E-state index contributed by atoms with van der Waals surface area (Å²) >= 11 is 7.77. The summed E-state index contributed by atoms with van der Waals surface area (Å²) in [5.41, 5.74) is 1.41. The number of nitro groups is 1. The normalized spacial score (nSPS) is 14.2. The molecular formula is C26H23ClN5O5S+. The first-order valence-electron chi connectivity index (χ1n) is 11.9. The standard InChI is InChI=1S/C26H22ClN5O5S/c1-3-4-13-38-26-28-24(34)23-18-7-5-6-8-20(18)30(15(2)33)25(31(23)29-26)22-12-11-21(37-22)17-10-9-16(32(35)36)14-19(17)27/h5-12,14,25H,3-4,13H2,1-2H3/p+1. The van der Waals surface area contributed by atoms with Crippen LogP contribution in [0.25, 0.3) is 22.6 Å². The molecule has 1 unspecified atom stereocenters. The number of anilines is 1. The van der Waals surface area contributed by atoms with Gasteiger partial charge in [-0.05, 0) is 41.4 Å². The van der Waals surface area contributed by atoms with Gasteiger partial charge in [0, 0.05) is 35.5 Å². The number of carbonyl (C=O) groups excluding carboxylic acids is 1. The lowest BCUT2D eigenvalue weighted by atomic mass is 10.0. The Morgan fingerprint density at radius 2 is 2.03 bits per heavy atom. The fourth-order valence-corrected chi connectivity index (χ4v) is 5.61. The predicted octanol–water partition coefficient (Wildman–Crippen LogP) is 5.35. The number of fused-ring (bicyclic) bond motifs is 3. The van der Waals surface area contributed by atoms with Crippen molar-refractivity contribution < 1.29 is 18.8 Å². The minimum atomic E-state index is -0.893. The highest BCUT2D eigenvalue weighted by Crippen LogP contribution is 2.39. The van der Waals surface area contributed by atoms with Crippen LogP contribution < -0.4 is 15.1 Å². The van der Waals surface area contributed by atoms with Gasteiger partial charge in [0.1, 0.15) is 5.76 Å². The third kappa shape index (κ3) is 4.59. The number of furan rings is 1. The highest BCUT2D eigenvalue weighted by Gasteiger charge is 2.46. The summed E-state index contributed by atoms with van der Waals surface area (Å²) in [6, 6.07) is 14.6. The second kappa shape index (κ2) is 10.4. The summed E-state index contributed by atoms with van der Waals surface area (Å²) in [5, 5.41) is 16.4. The van der Waals surface area contributed by atoms with E-state index in [0.717, 1.165) is 18.6 Å². The number of aromatic amines is 1. The highest BCUT2D eigenvalue weighted by atomic mass is 35.5. The number of nitro benzene ring substituents is 1. The zero-order valence-electron chi connectivity index (χ0n) is 20.5. The summed E-state index contributed by atoms with van der Waals surface area (Å²) in [7, 11) is 0. The maximum absolute atomic E-state index is 13.4. The maximum Gasteiger partial charge on any atom is 0.325 e. The van der Waals surface area contributed by atoms with Crippen LogP contribution in [0.15, 0.2) is 69.0 Å². The zero-order valence-corrected chi connectivity index (χ0v) is 22.1. The molecule has 0 fully saturated rings. The van der Waals surface area contributed by atoms with Crippen LogP contribution in [-0.4, -0.2) is 26.7 Å². The number of rotatable bonds is 7. The van der Waals surface area contributed by atoms with Crippen molar-refractivity contribution in [2.24, 2.45) is 0 Å². The van der Waals surface area contributed by atoms with Gasteiger partial charge in [-0.2, -0.15) is 0 Å². The minimum Gasteiger partial charge on any atom is -0.452 e. The number of non-ortho nitro benzene ring substituents is 1. The van der Waals surface area contributed by atoms with Crippen molar-refractivity contribution in [3.05, 3.63) is 85.8 Å². The number of amides is 1. The first-order chi connectivity index (χ1) is 18.3. The number of nitrogens with one attached hydrogen (secondary N) is 1. The molecule has 1 N–H and O–H groups in total. The molecule has 1 atom stereocenters. The molecule has 1 amide bonds. The summed E-state index contributed by atoms with van der Waals surface area (Å²) < 4.78 is 7.72. The number of halogens is 1. The van der Waals surface area contributed by atoms with Crippen LogP contribution in [-0.2, 0) is 4.79 Å². The molecule has 1 aliphatic rings. The molecule has 10 nitrogen and oxygen atoms in total. The quantitative estimate of drug-likeness (QED) is 0.108. The van der Waals surface area contributed by atoms with E-state index in [1.807, 2.05) is 0 Å². The molecule has 5 rings (SSSR count). The second-order valence-corrected chi connectivity index (χ2v) is 10.1. The molecule has 1 aliphatic heterocycles. The largest absolute Gasteiger partial charge is 0.452 e. The van der Waals surface area contributed by atoms with E-state index in [9.17, 15) is 19.7 Å². The van der Waals surface area contributed by atoms with Crippen LogP contribution in [0.2, 0.25) is 5.02 Å². The van der Waals surface area contributed by atoms with Crippen molar-refractivity contribution in [3.8, 4) is 22.6 Å². The van der Waals surface area contributed by atoms with Crippen LogP contribution in [0, 0.1) is 10.1 Å². The number of unbranched alkanes of at least 4 members (excludes halogenated alkanes) is 1. The molecule has 2 aromatic carbocycles. The van der Waals surface area contributed by atoms with Gasteiger partial charge in [-0.1, -0.05) is 48.8 Å². The van der Waals surface area contributed by atoms with Gasteiger partial charge < -0.3 is 4.42 Å². The summed E-state index contributed by atoms with van der Waals surface area (Å²) in [4.78, 5) is 41.4. The summed E-state index contributed by atoms with van der Waals surface area (Å²) in [6.07, 6.45) is 1.07. The third-order valence-electron chi connectivity index (χ3n) is 6.14. The second-order valence-electron chi connectivity index (χ2n) is 8.66. The molecule has 0 radical (unpaired) electrons. The van der Waals surface area contributed by atoms with Crippen LogP contribution in [0.1, 0.15) is 38.6 Å². The van der Waals surface area contributed by atoms with E-state index in [-0.39, 0.29) is 22.2 Å². The molecule has 194 valence electrons. The number of hydrogen-bond acceptors (Lipinski definition) is 7. The number of thioether (sulfide) groups is 1. The zero-order chi connectivity index (χ0) is 27.0.